The number of aromatic nitrogens is 1. The lowest BCUT2D eigenvalue weighted by Crippen LogP contribution is -2.48. The zero-order valence-electron chi connectivity index (χ0n) is 15.1. The van der Waals surface area contributed by atoms with E-state index in [1.54, 1.807) is 11.3 Å². The van der Waals surface area contributed by atoms with Crippen LogP contribution in [0.2, 0.25) is 0 Å². The predicted octanol–water partition coefficient (Wildman–Crippen LogP) is 4.08. The number of rotatable bonds is 3. The lowest BCUT2D eigenvalue weighted by atomic mass is 9.87. The van der Waals surface area contributed by atoms with Crippen LogP contribution in [0.15, 0.2) is 47.4 Å². The summed E-state index contributed by atoms with van der Waals surface area (Å²) < 4.78 is 6.05. The molecule has 0 N–H and O–H groups in total. The second-order valence-electron chi connectivity index (χ2n) is 7.23. The van der Waals surface area contributed by atoms with E-state index >= 15 is 0 Å². The highest BCUT2D eigenvalue weighted by Crippen LogP contribution is 2.33. The molecule has 0 aliphatic carbocycles. The average Bonchev–Trinajstić information content (AvgIpc) is 3.11. The molecular weight excluding hydrogens is 344 g/mol. The Morgan fingerprint density at radius 3 is 2.77 bits per heavy atom. The van der Waals surface area contributed by atoms with E-state index in [1.165, 1.54) is 11.1 Å². The van der Waals surface area contributed by atoms with Crippen LogP contribution in [0.1, 0.15) is 47.2 Å². The van der Waals surface area contributed by atoms with Crippen LogP contribution in [-0.2, 0) is 11.2 Å². The van der Waals surface area contributed by atoms with Crippen LogP contribution in [0.5, 0.6) is 0 Å². The highest BCUT2D eigenvalue weighted by atomic mass is 32.1. The van der Waals surface area contributed by atoms with Crippen LogP contribution in [0.25, 0.3) is 0 Å². The number of carbonyl (C=O) groups excluding carboxylic acids is 1. The molecule has 2 aliphatic heterocycles. The number of hydrogen-bond donors (Lipinski definition) is 0. The van der Waals surface area contributed by atoms with Crippen LogP contribution in [0.4, 0.5) is 0 Å². The standard InChI is InChI=1S/C21H24N2O2S/c1-16-7-12-25-21(14-16)8-10-23(11-9-21)20(24)18-15-26-19(22-18)13-17-5-3-2-4-6-17/h2-6,14-15H,7-13H2,1H3. The fourth-order valence-corrected chi connectivity index (χ4v) is 4.58. The summed E-state index contributed by atoms with van der Waals surface area (Å²) >= 11 is 1.57. The molecule has 1 amide bonds. The van der Waals surface area contributed by atoms with Crippen LogP contribution < -0.4 is 0 Å². The minimum absolute atomic E-state index is 0.0481. The van der Waals surface area contributed by atoms with Crippen molar-refractivity contribution >= 4 is 17.2 Å². The molecule has 1 aromatic heterocycles. The molecule has 0 unspecified atom stereocenters. The van der Waals surface area contributed by atoms with E-state index in [1.807, 2.05) is 28.5 Å². The Kier molecular flexibility index (Phi) is 4.92. The summed E-state index contributed by atoms with van der Waals surface area (Å²) in [6.07, 6.45) is 5.82. The summed E-state index contributed by atoms with van der Waals surface area (Å²) in [6, 6.07) is 10.2. The van der Waals surface area contributed by atoms with Crippen molar-refractivity contribution in [2.24, 2.45) is 0 Å². The van der Waals surface area contributed by atoms with Gasteiger partial charge in [-0.05, 0) is 31.7 Å². The summed E-state index contributed by atoms with van der Waals surface area (Å²) in [6.45, 7) is 4.43. The van der Waals surface area contributed by atoms with E-state index < -0.39 is 0 Å². The van der Waals surface area contributed by atoms with Crippen LogP contribution in [0, 0.1) is 0 Å². The molecule has 4 nitrogen and oxygen atoms in total. The Morgan fingerprint density at radius 1 is 1.27 bits per heavy atom. The fourth-order valence-electron chi connectivity index (χ4n) is 3.78. The van der Waals surface area contributed by atoms with Crippen molar-refractivity contribution in [3.63, 3.8) is 0 Å². The zero-order valence-corrected chi connectivity index (χ0v) is 15.9. The molecule has 1 aromatic carbocycles. The number of nitrogens with zero attached hydrogens (tertiary/aromatic N) is 2. The van der Waals surface area contributed by atoms with Crippen molar-refractivity contribution in [2.75, 3.05) is 19.7 Å². The third kappa shape index (κ3) is 3.74. The first kappa shape index (κ1) is 17.4. The summed E-state index contributed by atoms with van der Waals surface area (Å²) in [7, 11) is 0. The fraction of sp³-hybridized carbons (Fsp3) is 0.429. The van der Waals surface area contributed by atoms with Crippen LogP contribution >= 0.6 is 11.3 Å². The van der Waals surface area contributed by atoms with E-state index in [0.717, 1.165) is 50.4 Å². The molecule has 1 spiro atoms. The lowest BCUT2D eigenvalue weighted by molar-refractivity contribution is -0.0522. The molecule has 0 saturated carbocycles. The first-order valence-electron chi connectivity index (χ1n) is 9.23. The Bertz CT molecular complexity index is 804. The highest BCUT2D eigenvalue weighted by molar-refractivity contribution is 7.09. The van der Waals surface area contributed by atoms with Gasteiger partial charge >= 0.3 is 0 Å². The van der Waals surface area contributed by atoms with E-state index in [4.69, 9.17) is 4.74 Å². The molecular formula is C21H24N2O2S. The number of amides is 1. The predicted molar refractivity (Wildman–Crippen MR) is 104 cm³/mol. The molecule has 2 aromatic rings. The van der Waals surface area contributed by atoms with E-state index in [9.17, 15) is 4.79 Å². The van der Waals surface area contributed by atoms with Crippen LogP contribution in [0.3, 0.4) is 0 Å². The Morgan fingerprint density at radius 2 is 2.04 bits per heavy atom. The number of benzene rings is 1. The topological polar surface area (TPSA) is 42.4 Å². The van der Waals surface area contributed by atoms with Crippen molar-refractivity contribution in [2.45, 2.75) is 38.2 Å². The molecule has 1 fully saturated rings. The minimum atomic E-state index is -0.153. The van der Waals surface area contributed by atoms with Gasteiger partial charge in [0.25, 0.3) is 5.91 Å². The third-order valence-electron chi connectivity index (χ3n) is 5.26. The van der Waals surface area contributed by atoms with Gasteiger partial charge in [-0.3, -0.25) is 4.79 Å². The van der Waals surface area contributed by atoms with E-state index in [-0.39, 0.29) is 11.5 Å². The first-order chi connectivity index (χ1) is 12.6. The molecule has 136 valence electrons. The van der Waals surface area contributed by atoms with Gasteiger partial charge < -0.3 is 9.64 Å². The monoisotopic (exact) mass is 368 g/mol. The van der Waals surface area contributed by atoms with Crippen LogP contribution in [-0.4, -0.2) is 41.1 Å². The van der Waals surface area contributed by atoms with Crippen molar-refractivity contribution in [1.82, 2.24) is 9.88 Å². The summed E-state index contributed by atoms with van der Waals surface area (Å²) in [5, 5.41) is 2.88. The van der Waals surface area contributed by atoms with Gasteiger partial charge in [-0.2, -0.15) is 0 Å². The maximum atomic E-state index is 12.8. The Hall–Kier alpha value is -1.98. The molecule has 5 heteroatoms. The molecule has 0 atom stereocenters. The summed E-state index contributed by atoms with van der Waals surface area (Å²) in [4.78, 5) is 19.3. The quantitative estimate of drug-likeness (QED) is 0.767. The number of carbonyl (C=O) groups is 1. The number of hydrogen-bond acceptors (Lipinski definition) is 4. The molecule has 4 rings (SSSR count). The smallest absolute Gasteiger partial charge is 0.273 e. The van der Waals surface area contributed by atoms with Gasteiger partial charge in [0.15, 0.2) is 0 Å². The number of thiazole rings is 1. The van der Waals surface area contributed by atoms with Gasteiger partial charge in [0.2, 0.25) is 0 Å². The minimum Gasteiger partial charge on any atom is -0.370 e. The zero-order chi connectivity index (χ0) is 18.0. The SMILES string of the molecule is CC1=CC2(CCN(C(=O)c3csc(Cc4ccccc4)n3)CC2)OCC1. The Balaban J connectivity index is 1.39. The number of ether oxygens (including phenoxy) is 1. The molecule has 0 bridgehead atoms. The maximum Gasteiger partial charge on any atom is 0.273 e. The van der Waals surface area contributed by atoms with Crippen molar-refractivity contribution < 1.29 is 9.53 Å². The second kappa shape index (κ2) is 7.33. The summed E-state index contributed by atoms with van der Waals surface area (Å²) in [5.74, 6) is 0.0481. The molecule has 26 heavy (non-hydrogen) atoms. The van der Waals surface area contributed by atoms with Gasteiger partial charge in [-0.15, -0.1) is 11.3 Å². The van der Waals surface area contributed by atoms with Gasteiger partial charge in [0, 0.05) is 24.9 Å². The van der Waals surface area contributed by atoms with Gasteiger partial charge in [-0.25, -0.2) is 4.98 Å². The molecule has 3 heterocycles. The van der Waals surface area contributed by atoms with Crippen molar-refractivity contribution in [1.29, 1.82) is 0 Å². The number of likely N-dealkylation sites (tertiary alicyclic amines) is 1. The van der Waals surface area contributed by atoms with E-state index in [2.05, 4.69) is 30.1 Å². The first-order valence-corrected chi connectivity index (χ1v) is 10.1. The normalized spacial score (nSPS) is 19.4. The third-order valence-corrected chi connectivity index (χ3v) is 6.11. The maximum absolute atomic E-state index is 12.8. The van der Waals surface area contributed by atoms with Gasteiger partial charge in [0.05, 0.1) is 17.2 Å². The number of piperidine rings is 1. The Labute approximate surface area is 158 Å². The summed E-state index contributed by atoms with van der Waals surface area (Å²) in [5.41, 5.74) is 3.05. The van der Waals surface area contributed by atoms with Crippen molar-refractivity contribution in [3.8, 4) is 0 Å². The molecule has 0 radical (unpaired) electrons. The second-order valence-corrected chi connectivity index (χ2v) is 8.18. The van der Waals surface area contributed by atoms with Gasteiger partial charge in [0.1, 0.15) is 5.69 Å². The average molecular weight is 369 g/mol. The van der Waals surface area contributed by atoms with Crippen molar-refractivity contribution in [3.05, 3.63) is 63.6 Å². The lowest BCUT2D eigenvalue weighted by Gasteiger charge is -2.42. The van der Waals surface area contributed by atoms with E-state index in [0.29, 0.717) is 5.69 Å². The largest absolute Gasteiger partial charge is 0.370 e. The molecule has 1 saturated heterocycles. The molecule has 2 aliphatic rings. The van der Waals surface area contributed by atoms with Gasteiger partial charge in [-0.1, -0.05) is 42.0 Å². The highest BCUT2D eigenvalue weighted by Gasteiger charge is 2.37.